The van der Waals surface area contributed by atoms with E-state index in [0.717, 1.165) is 17.1 Å². The molecule has 0 radical (unpaired) electrons. The van der Waals surface area contributed by atoms with Gasteiger partial charge in [0.2, 0.25) is 0 Å². The van der Waals surface area contributed by atoms with Gasteiger partial charge in [0.1, 0.15) is 8.72 Å². The summed E-state index contributed by atoms with van der Waals surface area (Å²) < 4.78 is 1.96. The van der Waals surface area contributed by atoms with Crippen LogP contribution >= 0.6 is 45.5 Å². The van der Waals surface area contributed by atoms with Gasteiger partial charge in [-0.3, -0.25) is 9.36 Å². The molecule has 90 valence electrons. The van der Waals surface area contributed by atoms with Crippen LogP contribution in [0, 0.1) is 3.57 Å². The molecular formula is C10H9ClIN3OS. The zero-order chi connectivity index (χ0) is 12.4. The van der Waals surface area contributed by atoms with Gasteiger partial charge in [0.05, 0.1) is 23.6 Å². The van der Waals surface area contributed by atoms with Gasteiger partial charge in [0, 0.05) is 5.38 Å². The van der Waals surface area contributed by atoms with Crippen molar-refractivity contribution in [2.24, 2.45) is 0 Å². The van der Waals surface area contributed by atoms with Crippen molar-refractivity contribution in [3.8, 4) is 0 Å². The third-order valence-corrected chi connectivity index (χ3v) is 4.79. The van der Waals surface area contributed by atoms with Crippen molar-refractivity contribution in [2.45, 2.75) is 19.9 Å². The van der Waals surface area contributed by atoms with Crippen LogP contribution in [0.5, 0.6) is 0 Å². The van der Waals surface area contributed by atoms with E-state index in [9.17, 15) is 4.79 Å². The summed E-state index contributed by atoms with van der Waals surface area (Å²) in [6.45, 7) is 2.50. The first-order chi connectivity index (χ1) is 8.11. The Hall–Kier alpha value is -0.470. The second kappa shape index (κ2) is 5.45. The molecule has 0 aromatic carbocycles. The minimum Gasteiger partial charge on any atom is -0.292 e. The maximum Gasteiger partial charge on any atom is 0.268 e. The molecule has 0 spiro atoms. The molecular weight excluding hydrogens is 373 g/mol. The molecule has 7 heteroatoms. The Bertz CT molecular complexity index is 595. The highest BCUT2D eigenvalue weighted by Gasteiger charge is 2.08. The maximum absolute atomic E-state index is 11.9. The summed E-state index contributed by atoms with van der Waals surface area (Å²) in [5, 5.41) is 3.29. The summed E-state index contributed by atoms with van der Waals surface area (Å²) in [7, 11) is 0. The minimum atomic E-state index is -0.128. The summed E-state index contributed by atoms with van der Waals surface area (Å²) in [6.07, 6.45) is 2.37. The smallest absolute Gasteiger partial charge is 0.268 e. The molecule has 0 fully saturated rings. The van der Waals surface area contributed by atoms with E-state index in [1.807, 2.05) is 28.0 Å². The number of aromatic nitrogens is 3. The lowest BCUT2D eigenvalue weighted by Crippen LogP contribution is -2.23. The lowest BCUT2D eigenvalue weighted by Gasteiger charge is -2.03. The van der Waals surface area contributed by atoms with E-state index in [1.165, 1.54) is 10.9 Å². The predicted molar refractivity (Wildman–Crippen MR) is 76.8 cm³/mol. The fourth-order valence-corrected chi connectivity index (χ4v) is 2.62. The molecule has 2 aromatic heterocycles. The molecule has 4 nitrogen and oxygen atoms in total. The first-order valence-electron chi connectivity index (χ1n) is 4.95. The highest BCUT2D eigenvalue weighted by Crippen LogP contribution is 2.12. The van der Waals surface area contributed by atoms with E-state index in [-0.39, 0.29) is 10.7 Å². The fraction of sp³-hybridized carbons (Fsp3) is 0.300. The van der Waals surface area contributed by atoms with Gasteiger partial charge in [-0.15, -0.1) is 11.3 Å². The molecule has 0 bridgehead atoms. The number of thiazole rings is 1. The highest BCUT2D eigenvalue weighted by molar-refractivity contribution is 14.1. The maximum atomic E-state index is 11.9. The van der Waals surface area contributed by atoms with E-state index in [0.29, 0.717) is 10.1 Å². The van der Waals surface area contributed by atoms with Crippen LogP contribution in [0.3, 0.4) is 0 Å². The Morgan fingerprint density at radius 1 is 1.59 bits per heavy atom. The third kappa shape index (κ3) is 2.86. The van der Waals surface area contributed by atoms with Gasteiger partial charge in [-0.05, 0) is 29.0 Å². The van der Waals surface area contributed by atoms with Crippen LogP contribution in [0.2, 0.25) is 5.15 Å². The van der Waals surface area contributed by atoms with Crippen LogP contribution in [0.25, 0.3) is 0 Å². The van der Waals surface area contributed by atoms with Crippen molar-refractivity contribution in [3.63, 3.8) is 0 Å². The molecule has 0 aliphatic heterocycles. The van der Waals surface area contributed by atoms with Gasteiger partial charge < -0.3 is 0 Å². The second-order valence-electron chi connectivity index (χ2n) is 3.37. The van der Waals surface area contributed by atoms with Crippen molar-refractivity contribution in [1.82, 2.24) is 14.5 Å². The quantitative estimate of drug-likeness (QED) is 0.606. The standard InChI is InChI=1S/C10H9ClIN3OS/c1-2-7-14-6(4-17-7)3-15-5-13-9(11)8(12)10(15)16/h4-5H,2-3H2,1H3. The largest absolute Gasteiger partial charge is 0.292 e. The van der Waals surface area contributed by atoms with Crippen LogP contribution in [0.4, 0.5) is 0 Å². The molecule has 0 atom stereocenters. The Kier molecular flexibility index (Phi) is 4.16. The minimum absolute atomic E-state index is 0.128. The van der Waals surface area contributed by atoms with Crippen LogP contribution in [0.1, 0.15) is 17.6 Å². The van der Waals surface area contributed by atoms with Crippen LogP contribution < -0.4 is 5.56 Å². The lowest BCUT2D eigenvalue weighted by molar-refractivity contribution is 0.715. The Labute approximate surface area is 121 Å². The second-order valence-corrected chi connectivity index (χ2v) is 5.75. The Morgan fingerprint density at radius 2 is 2.35 bits per heavy atom. The topological polar surface area (TPSA) is 47.8 Å². The number of aryl methyl sites for hydroxylation is 1. The summed E-state index contributed by atoms with van der Waals surface area (Å²) in [5.74, 6) is 0. The van der Waals surface area contributed by atoms with E-state index in [1.54, 1.807) is 11.3 Å². The molecule has 2 rings (SSSR count). The zero-order valence-electron chi connectivity index (χ0n) is 8.98. The van der Waals surface area contributed by atoms with Gasteiger partial charge >= 0.3 is 0 Å². The molecule has 2 heterocycles. The average Bonchev–Trinajstić information content (AvgIpc) is 2.78. The van der Waals surface area contributed by atoms with E-state index in [2.05, 4.69) is 16.9 Å². The van der Waals surface area contributed by atoms with Gasteiger partial charge in [-0.2, -0.15) is 0 Å². The monoisotopic (exact) mass is 381 g/mol. The van der Waals surface area contributed by atoms with Gasteiger partial charge in [-0.25, -0.2) is 9.97 Å². The molecule has 0 unspecified atom stereocenters. The fourth-order valence-electron chi connectivity index (χ4n) is 1.31. The van der Waals surface area contributed by atoms with Crippen molar-refractivity contribution in [3.05, 3.63) is 41.5 Å². The molecule has 0 aliphatic carbocycles. The van der Waals surface area contributed by atoms with Gasteiger partial charge in [0.25, 0.3) is 5.56 Å². The number of rotatable bonds is 3. The summed E-state index contributed by atoms with van der Waals surface area (Å²) >= 11 is 9.28. The molecule has 0 N–H and O–H groups in total. The van der Waals surface area contributed by atoms with E-state index < -0.39 is 0 Å². The van der Waals surface area contributed by atoms with Gasteiger partial charge in [0.15, 0.2) is 0 Å². The average molecular weight is 382 g/mol. The Balaban J connectivity index is 2.30. The lowest BCUT2D eigenvalue weighted by atomic mass is 10.4. The molecule has 0 saturated carbocycles. The molecule has 17 heavy (non-hydrogen) atoms. The first-order valence-corrected chi connectivity index (χ1v) is 7.29. The first kappa shape index (κ1) is 13.0. The number of hydrogen-bond donors (Lipinski definition) is 0. The molecule has 0 aliphatic rings. The summed E-state index contributed by atoms with van der Waals surface area (Å²) in [6, 6.07) is 0. The van der Waals surface area contributed by atoms with Gasteiger partial charge in [-0.1, -0.05) is 18.5 Å². The van der Waals surface area contributed by atoms with Crippen LogP contribution in [-0.2, 0) is 13.0 Å². The van der Waals surface area contributed by atoms with E-state index >= 15 is 0 Å². The molecule has 2 aromatic rings. The Morgan fingerprint density at radius 3 is 3.00 bits per heavy atom. The van der Waals surface area contributed by atoms with Crippen molar-refractivity contribution < 1.29 is 0 Å². The third-order valence-electron chi connectivity index (χ3n) is 2.17. The molecule has 0 amide bonds. The predicted octanol–water partition coefficient (Wildman–Crippen LogP) is 2.57. The number of hydrogen-bond acceptors (Lipinski definition) is 4. The van der Waals surface area contributed by atoms with E-state index in [4.69, 9.17) is 11.6 Å². The van der Waals surface area contributed by atoms with Crippen molar-refractivity contribution in [2.75, 3.05) is 0 Å². The van der Waals surface area contributed by atoms with Crippen LogP contribution in [-0.4, -0.2) is 14.5 Å². The summed E-state index contributed by atoms with van der Waals surface area (Å²) in [5.41, 5.74) is 0.755. The zero-order valence-corrected chi connectivity index (χ0v) is 12.7. The highest BCUT2D eigenvalue weighted by atomic mass is 127. The SMILES string of the molecule is CCc1nc(Cn2cnc(Cl)c(I)c2=O)cs1. The number of nitrogens with zero attached hydrogens (tertiary/aromatic N) is 3. The normalized spacial score (nSPS) is 10.8. The van der Waals surface area contributed by atoms with Crippen LogP contribution in [0.15, 0.2) is 16.5 Å². The van der Waals surface area contributed by atoms with Crippen molar-refractivity contribution >= 4 is 45.5 Å². The van der Waals surface area contributed by atoms with Crippen molar-refractivity contribution in [1.29, 1.82) is 0 Å². The summed E-state index contributed by atoms with van der Waals surface area (Å²) in [4.78, 5) is 20.2. The number of halogens is 2. The molecule has 0 saturated heterocycles.